The maximum Gasteiger partial charge on any atom is 0.253 e. The Kier molecular flexibility index (Phi) is 4.64. The summed E-state index contributed by atoms with van der Waals surface area (Å²) in [7, 11) is 0. The van der Waals surface area contributed by atoms with Crippen molar-refractivity contribution >= 4 is 5.91 Å². The van der Waals surface area contributed by atoms with E-state index in [-0.39, 0.29) is 5.91 Å². The minimum atomic E-state index is -0.136. The highest BCUT2D eigenvalue weighted by molar-refractivity contribution is 5.93. The van der Waals surface area contributed by atoms with Gasteiger partial charge in [0.2, 0.25) is 0 Å². The van der Waals surface area contributed by atoms with Crippen LogP contribution in [0, 0.1) is 0 Å². The number of benzene rings is 2. The van der Waals surface area contributed by atoms with Crippen LogP contribution >= 0.6 is 0 Å². The van der Waals surface area contributed by atoms with Gasteiger partial charge in [0.15, 0.2) is 0 Å². The summed E-state index contributed by atoms with van der Waals surface area (Å²) in [5.41, 5.74) is 1.55. The zero-order valence-electron chi connectivity index (χ0n) is 12.5. The molecule has 1 aromatic heterocycles. The van der Waals surface area contributed by atoms with E-state index in [2.05, 4.69) is 10.3 Å². The van der Waals surface area contributed by atoms with Gasteiger partial charge in [0.1, 0.15) is 11.5 Å². The smallest absolute Gasteiger partial charge is 0.253 e. The molecule has 0 atom stereocenters. The second kappa shape index (κ2) is 7.22. The number of carbonyl (C=O) groups excluding carboxylic acids is 1. The van der Waals surface area contributed by atoms with Gasteiger partial charge in [-0.2, -0.15) is 0 Å². The number of hydrogen-bond donors (Lipinski definition) is 1. The van der Waals surface area contributed by atoms with E-state index in [4.69, 9.17) is 4.74 Å². The molecule has 0 aliphatic heterocycles. The van der Waals surface area contributed by atoms with Crippen LogP contribution in [0.15, 0.2) is 79.1 Å². The summed E-state index contributed by atoms with van der Waals surface area (Å²) in [6.07, 6.45) is 3.19. The number of para-hydroxylation sites is 1. The molecule has 3 rings (SSSR count). The molecule has 1 heterocycles. The molecular formula is C19H16N2O2. The fourth-order valence-corrected chi connectivity index (χ4v) is 2.08. The molecule has 4 nitrogen and oxygen atoms in total. The van der Waals surface area contributed by atoms with Crippen molar-refractivity contribution in [3.05, 3.63) is 90.3 Å². The molecule has 2 aromatic carbocycles. The molecule has 0 saturated heterocycles. The van der Waals surface area contributed by atoms with Gasteiger partial charge in [-0.25, -0.2) is 0 Å². The van der Waals surface area contributed by atoms with Crippen LogP contribution in [-0.2, 0) is 6.54 Å². The Balaban J connectivity index is 1.56. The topological polar surface area (TPSA) is 51.2 Å². The Morgan fingerprint density at radius 1 is 0.913 bits per heavy atom. The van der Waals surface area contributed by atoms with Gasteiger partial charge in [0.25, 0.3) is 5.91 Å². The number of amides is 1. The zero-order chi connectivity index (χ0) is 15.9. The molecule has 23 heavy (non-hydrogen) atoms. The molecule has 0 unspecified atom stereocenters. The lowest BCUT2D eigenvalue weighted by Gasteiger charge is -2.08. The molecule has 0 fully saturated rings. The first kappa shape index (κ1) is 14.8. The van der Waals surface area contributed by atoms with Crippen LogP contribution < -0.4 is 10.1 Å². The monoisotopic (exact) mass is 304 g/mol. The number of rotatable bonds is 5. The first-order valence-electron chi connectivity index (χ1n) is 7.31. The van der Waals surface area contributed by atoms with Gasteiger partial charge in [0.05, 0.1) is 5.56 Å². The number of carbonyl (C=O) groups is 1. The highest BCUT2D eigenvalue weighted by Gasteiger charge is 2.04. The standard InChI is InChI=1S/C19H16N2O2/c22-19(16-5-4-12-20-14-16)21-13-15-8-10-18(11-9-15)23-17-6-2-1-3-7-17/h1-12,14H,13H2,(H,21,22). The molecule has 0 bridgehead atoms. The van der Waals surface area contributed by atoms with Crippen molar-refractivity contribution in [1.29, 1.82) is 0 Å². The predicted octanol–water partition coefficient (Wildman–Crippen LogP) is 3.80. The number of nitrogens with one attached hydrogen (secondary N) is 1. The molecular weight excluding hydrogens is 288 g/mol. The Morgan fingerprint density at radius 2 is 1.65 bits per heavy atom. The van der Waals surface area contributed by atoms with Crippen LogP contribution in [0.25, 0.3) is 0 Å². The van der Waals surface area contributed by atoms with Gasteiger partial charge in [-0.3, -0.25) is 9.78 Å². The van der Waals surface area contributed by atoms with Gasteiger partial charge >= 0.3 is 0 Å². The van der Waals surface area contributed by atoms with E-state index in [1.165, 1.54) is 0 Å². The Bertz CT molecular complexity index is 756. The van der Waals surface area contributed by atoms with Crippen LogP contribution in [0.1, 0.15) is 15.9 Å². The van der Waals surface area contributed by atoms with E-state index in [1.807, 2.05) is 54.6 Å². The van der Waals surface area contributed by atoms with Crippen LogP contribution in [0.3, 0.4) is 0 Å². The third-order valence-corrected chi connectivity index (χ3v) is 3.28. The molecule has 4 heteroatoms. The van der Waals surface area contributed by atoms with Crippen LogP contribution in [0.2, 0.25) is 0 Å². The summed E-state index contributed by atoms with van der Waals surface area (Å²) in [5, 5.41) is 2.86. The summed E-state index contributed by atoms with van der Waals surface area (Å²) in [6.45, 7) is 0.458. The summed E-state index contributed by atoms with van der Waals surface area (Å²) in [6, 6.07) is 20.7. The second-order valence-corrected chi connectivity index (χ2v) is 4.98. The van der Waals surface area contributed by atoms with E-state index in [1.54, 1.807) is 24.5 Å². The average Bonchev–Trinajstić information content (AvgIpc) is 2.62. The average molecular weight is 304 g/mol. The summed E-state index contributed by atoms with van der Waals surface area (Å²) < 4.78 is 5.73. The molecule has 1 amide bonds. The molecule has 114 valence electrons. The molecule has 1 N–H and O–H groups in total. The molecule has 0 aliphatic rings. The minimum Gasteiger partial charge on any atom is -0.457 e. The van der Waals surface area contributed by atoms with Crippen LogP contribution in [0.4, 0.5) is 0 Å². The van der Waals surface area contributed by atoms with Gasteiger partial charge in [-0.1, -0.05) is 30.3 Å². The maximum absolute atomic E-state index is 12.0. The van der Waals surface area contributed by atoms with E-state index < -0.39 is 0 Å². The van der Waals surface area contributed by atoms with E-state index in [0.29, 0.717) is 12.1 Å². The van der Waals surface area contributed by atoms with Crippen molar-refractivity contribution in [3.63, 3.8) is 0 Å². The first-order valence-corrected chi connectivity index (χ1v) is 7.31. The predicted molar refractivity (Wildman–Crippen MR) is 88.4 cm³/mol. The summed E-state index contributed by atoms with van der Waals surface area (Å²) in [4.78, 5) is 15.9. The highest BCUT2D eigenvalue weighted by atomic mass is 16.5. The zero-order valence-corrected chi connectivity index (χ0v) is 12.5. The summed E-state index contributed by atoms with van der Waals surface area (Å²) >= 11 is 0. The highest BCUT2D eigenvalue weighted by Crippen LogP contribution is 2.21. The number of ether oxygens (including phenoxy) is 1. The van der Waals surface area contributed by atoms with E-state index >= 15 is 0 Å². The van der Waals surface area contributed by atoms with Crippen LogP contribution in [-0.4, -0.2) is 10.9 Å². The van der Waals surface area contributed by atoms with Crippen molar-refractivity contribution in [3.8, 4) is 11.5 Å². The Labute approximate surface area is 134 Å². The van der Waals surface area contributed by atoms with Gasteiger partial charge in [-0.15, -0.1) is 0 Å². The van der Waals surface area contributed by atoms with Crippen molar-refractivity contribution in [2.45, 2.75) is 6.54 Å². The number of aromatic nitrogens is 1. The number of nitrogens with zero attached hydrogens (tertiary/aromatic N) is 1. The van der Waals surface area contributed by atoms with Gasteiger partial charge < -0.3 is 10.1 Å². The number of hydrogen-bond acceptors (Lipinski definition) is 3. The fraction of sp³-hybridized carbons (Fsp3) is 0.0526. The normalized spacial score (nSPS) is 10.1. The molecule has 0 saturated carbocycles. The van der Waals surface area contributed by atoms with E-state index in [9.17, 15) is 4.79 Å². The lowest BCUT2D eigenvalue weighted by atomic mass is 10.2. The van der Waals surface area contributed by atoms with Gasteiger partial charge in [0, 0.05) is 18.9 Å². The third kappa shape index (κ3) is 4.17. The van der Waals surface area contributed by atoms with Gasteiger partial charge in [-0.05, 0) is 42.0 Å². The van der Waals surface area contributed by atoms with E-state index in [0.717, 1.165) is 17.1 Å². The van der Waals surface area contributed by atoms with Crippen molar-refractivity contribution in [2.75, 3.05) is 0 Å². The number of pyridine rings is 1. The third-order valence-electron chi connectivity index (χ3n) is 3.28. The quantitative estimate of drug-likeness (QED) is 0.780. The lowest BCUT2D eigenvalue weighted by molar-refractivity contribution is 0.0950. The Morgan fingerprint density at radius 3 is 2.35 bits per heavy atom. The second-order valence-electron chi connectivity index (χ2n) is 4.98. The first-order chi connectivity index (χ1) is 11.3. The molecule has 0 spiro atoms. The van der Waals surface area contributed by atoms with Crippen LogP contribution in [0.5, 0.6) is 11.5 Å². The Hall–Kier alpha value is -3.14. The molecule has 0 radical (unpaired) electrons. The SMILES string of the molecule is O=C(NCc1ccc(Oc2ccccc2)cc1)c1cccnc1. The summed E-state index contributed by atoms with van der Waals surface area (Å²) in [5.74, 6) is 1.42. The van der Waals surface area contributed by atoms with Crippen molar-refractivity contribution in [2.24, 2.45) is 0 Å². The molecule has 0 aliphatic carbocycles. The lowest BCUT2D eigenvalue weighted by Crippen LogP contribution is -2.22. The largest absolute Gasteiger partial charge is 0.457 e. The molecule has 3 aromatic rings. The van der Waals surface area contributed by atoms with Crippen molar-refractivity contribution < 1.29 is 9.53 Å². The fourth-order valence-electron chi connectivity index (χ4n) is 2.08. The maximum atomic E-state index is 12.0. The van der Waals surface area contributed by atoms with Crippen molar-refractivity contribution in [1.82, 2.24) is 10.3 Å². The minimum absolute atomic E-state index is 0.136.